The number of halogens is 1. The lowest BCUT2D eigenvalue weighted by Gasteiger charge is -2.36. The first-order valence-electron chi connectivity index (χ1n) is 7.16. The minimum Gasteiger partial charge on any atom is -0.392 e. The second kappa shape index (κ2) is 5.45. The number of aromatic nitrogens is 2. The highest BCUT2D eigenvalue weighted by molar-refractivity contribution is 6.30. The smallest absolute Gasteiger partial charge is 0.130 e. The van der Waals surface area contributed by atoms with Crippen molar-refractivity contribution in [2.75, 3.05) is 0 Å². The molecular formula is C15H25ClN2O. The van der Waals surface area contributed by atoms with Crippen molar-refractivity contribution >= 4 is 11.6 Å². The van der Waals surface area contributed by atoms with Crippen LogP contribution in [0.5, 0.6) is 0 Å². The Kier molecular flexibility index (Phi) is 4.26. The van der Waals surface area contributed by atoms with Crippen molar-refractivity contribution in [1.29, 1.82) is 0 Å². The maximum absolute atomic E-state index is 10.5. The van der Waals surface area contributed by atoms with Crippen LogP contribution in [0.2, 0.25) is 5.15 Å². The lowest BCUT2D eigenvalue weighted by molar-refractivity contribution is 0.0575. The van der Waals surface area contributed by atoms with E-state index in [1.807, 2.05) is 14.0 Å². The predicted octanol–water partition coefficient (Wildman–Crippen LogP) is 3.50. The van der Waals surface area contributed by atoms with Gasteiger partial charge in [0.25, 0.3) is 0 Å². The van der Waals surface area contributed by atoms with E-state index in [0.717, 1.165) is 24.1 Å². The molecule has 1 aliphatic carbocycles. The summed E-state index contributed by atoms with van der Waals surface area (Å²) in [6.45, 7) is 6.59. The summed E-state index contributed by atoms with van der Waals surface area (Å²) in [6, 6.07) is 0. The molecule has 1 aromatic heterocycles. The van der Waals surface area contributed by atoms with Crippen molar-refractivity contribution in [3.05, 3.63) is 16.4 Å². The first-order valence-corrected chi connectivity index (χ1v) is 7.54. The number of rotatable bonds is 3. The average Bonchev–Trinajstić information content (AvgIpc) is 2.56. The molecule has 1 atom stereocenters. The molecule has 0 amide bonds. The van der Waals surface area contributed by atoms with E-state index in [4.69, 9.17) is 11.6 Å². The third-order valence-electron chi connectivity index (χ3n) is 4.61. The van der Waals surface area contributed by atoms with E-state index >= 15 is 0 Å². The minimum atomic E-state index is -0.295. The van der Waals surface area contributed by atoms with Gasteiger partial charge in [-0.25, -0.2) is 0 Å². The van der Waals surface area contributed by atoms with Crippen LogP contribution in [0, 0.1) is 18.3 Å². The number of nitrogens with zero attached hydrogens (tertiary/aromatic N) is 2. The molecule has 1 aromatic rings. The summed E-state index contributed by atoms with van der Waals surface area (Å²) in [5, 5.41) is 15.4. The van der Waals surface area contributed by atoms with Gasteiger partial charge in [-0.3, -0.25) is 4.68 Å². The fourth-order valence-corrected chi connectivity index (χ4v) is 3.34. The molecule has 0 aliphatic heterocycles. The van der Waals surface area contributed by atoms with Crippen LogP contribution < -0.4 is 0 Å². The van der Waals surface area contributed by atoms with Crippen LogP contribution in [0.1, 0.15) is 50.8 Å². The van der Waals surface area contributed by atoms with Crippen LogP contribution in [0.25, 0.3) is 0 Å². The topological polar surface area (TPSA) is 38.0 Å². The van der Waals surface area contributed by atoms with Crippen molar-refractivity contribution < 1.29 is 5.11 Å². The van der Waals surface area contributed by atoms with Crippen LogP contribution in [0.4, 0.5) is 0 Å². The van der Waals surface area contributed by atoms with Crippen molar-refractivity contribution in [3.63, 3.8) is 0 Å². The Balaban J connectivity index is 2.00. The number of hydrogen-bond acceptors (Lipinski definition) is 2. The molecule has 1 unspecified atom stereocenters. The predicted molar refractivity (Wildman–Crippen MR) is 78.4 cm³/mol. The first-order chi connectivity index (χ1) is 8.80. The van der Waals surface area contributed by atoms with E-state index in [9.17, 15) is 5.11 Å². The number of hydrogen-bond donors (Lipinski definition) is 1. The van der Waals surface area contributed by atoms with E-state index in [-0.39, 0.29) is 6.10 Å². The Bertz CT molecular complexity index is 443. The molecule has 3 nitrogen and oxygen atoms in total. The second-order valence-corrected chi connectivity index (χ2v) is 7.11. The van der Waals surface area contributed by atoms with Gasteiger partial charge in [-0.15, -0.1) is 0 Å². The lowest BCUT2D eigenvalue weighted by atomic mass is 9.71. The molecule has 0 radical (unpaired) electrons. The summed E-state index contributed by atoms with van der Waals surface area (Å²) in [5.74, 6) is 0.406. The summed E-state index contributed by atoms with van der Waals surface area (Å²) in [5.41, 5.74) is 2.38. The highest BCUT2D eigenvalue weighted by Crippen LogP contribution is 2.40. The Hall–Kier alpha value is -0.540. The van der Waals surface area contributed by atoms with E-state index in [1.165, 1.54) is 12.8 Å². The van der Waals surface area contributed by atoms with Crippen LogP contribution in [-0.2, 0) is 13.5 Å². The molecule has 2 rings (SSSR count). The third kappa shape index (κ3) is 3.32. The van der Waals surface area contributed by atoms with Gasteiger partial charge in [-0.05, 0) is 43.9 Å². The van der Waals surface area contributed by atoms with Crippen LogP contribution >= 0.6 is 11.6 Å². The maximum atomic E-state index is 10.5. The van der Waals surface area contributed by atoms with Gasteiger partial charge in [0.15, 0.2) is 0 Å². The van der Waals surface area contributed by atoms with Gasteiger partial charge in [-0.1, -0.05) is 25.4 Å². The molecule has 0 bridgehead atoms. The Morgan fingerprint density at radius 2 is 2.00 bits per heavy atom. The fraction of sp³-hybridized carbons (Fsp3) is 0.800. The number of aliphatic hydroxyl groups excluding tert-OH is 1. The highest BCUT2D eigenvalue weighted by atomic mass is 35.5. The van der Waals surface area contributed by atoms with Gasteiger partial charge in [0.2, 0.25) is 0 Å². The molecule has 0 saturated heterocycles. The normalized spacial score (nSPS) is 21.6. The maximum Gasteiger partial charge on any atom is 0.130 e. The van der Waals surface area contributed by atoms with E-state index in [2.05, 4.69) is 18.9 Å². The SMILES string of the molecule is Cc1nn(C)c(Cl)c1CC(O)C1CCC(C)(C)CC1. The van der Waals surface area contributed by atoms with Crippen LogP contribution in [0.3, 0.4) is 0 Å². The summed E-state index contributed by atoms with van der Waals surface area (Å²) in [4.78, 5) is 0. The standard InChI is InChI=1S/C15H25ClN2O/c1-10-12(14(16)18(4)17-10)9-13(19)11-5-7-15(2,3)8-6-11/h11,13,19H,5-9H2,1-4H3. The van der Waals surface area contributed by atoms with Crippen LogP contribution in [0.15, 0.2) is 0 Å². The van der Waals surface area contributed by atoms with E-state index < -0.39 is 0 Å². The zero-order valence-electron chi connectivity index (χ0n) is 12.4. The summed E-state index contributed by atoms with van der Waals surface area (Å²) >= 11 is 6.23. The molecule has 1 fully saturated rings. The molecule has 0 spiro atoms. The van der Waals surface area contributed by atoms with Crippen molar-refractivity contribution in [2.45, 2.75) is 59.0 Å². The van der Waals surface area contributed by atoms with Crippen LogP contribution in [-0.4, -0.2) is 21.0 Å². The summed E-state index contributed by atoms with van der Waals surface area (Å²) in [7, 11) is 1.84. The highest BCUT2D eigenvalue weighted by Gasteiger charge is 2.31. The number of aryl methyl sites for hydroxylation is 2. The second-order valence-electron chi connectivity index (χ2n) is 6.75. The first kappa shape index (κ1) is 14.9. The zero-order valence-corrected chi connectivity index (χ0v) is 13.2. The van der Waals surface area contributed by atoms with Crippen molar-refractivity contribution in [3.8, 4) is 0 Å². The van der Waals surface area contributed by atoms with E-state index in [1.54, 1.807) is 4.68 Å². The van der Waals surface area contributed by atoms with Crippen molar-refractivity contribution in [2.24, 2.45) is 18.4 Å². The van der Waals surface area contributed by atoms with Gasteiger partial charge >= 0.3 is 0 Å². The lowest BCUT2D eigenvalue weighted by Crippen LogP contribution is -2.30. The number of aliphatic hydroxyl groups is 1. The molecular weight excluding hydrogens is 260 g/mol. The van der Waals surface area contributed by atoms with E-state index in [0.29, 0.717) is 22.9 Å². The summed E-state index contributed by atoms with van der Waals surface area (Å²) in [6.07, 6.45) is 4.97. The zero-order chi connectivity index (χ0) is 14.2. The Morgan fingerprint density at radius 1 is 1.42 bits per heavy atom. The molecule has 1 heterocycles. The van der Waals surface area contributed by atoms with Gasteiger partial charge in [0, 0.05) is 19.0 Å². The molecule has 1 aliphatic rings. The summed E-state index contributed by atoms with van der Waals surface area (Å²) < 4.78 is 1.68. The van der Waals surface area contributed by atoms with Gasteiger partial charge in [0.05, 0.1) is 11.8 Å². The molecule has 1 saturated carbocycles. The quantitative estimate of drug-likeness (QED) is 0.922. The monoisotopic (exact) mass is 284 g/mol. The third-order valence-corrected chi connectivity index (χ3v) is 5.08. The molecule has 4 heteroatoms. The molecule has 1 N–H and O–H groups in total. The average molecular weight is 285 g/mol. The largest absolute Gasteiger partial charge is 0.392 e. The van der Waals surface area contributed by atoms with Gasteiger partial charge in [-0.2, -0.15) is 5.10 Å². The molecule has 108 valence electrons. The van der Waals surface area contributed by atoms with Crippen molar-refractivity contribution in [1.82, 2.24) is 9.78 Å². The molecule has 19 heavy (non-hydrogen) atoms. The molecule has 0 aromatic carbocycles. The Morgan fingerprint density at radius 3 is 2.47 bits per heavy atom. The Labute approximate surface area is 121 Å². The fourth-order valence-electron chi connectivity index (χ4n) is 3.09. The van der Waals surface area contributed by atoms with Gasteiger partial charge < -0.3 is 5.11 Å². The minimum absolute atomic E-state index is 0.295. The van der Waals surface area contributed by atoms with Gasteiger partial charge in [0.1, 0.15) is 5.15 Å².